The first kappa shape index (κ1) is 20.5. The number of furan rings is 1. The molecule has 0 saturated carbocycles. The first-order chi connectivity index (χ1) is 13.5. The first-order valence-corrected chi connectivity index (χ1v) is 9.11. The van der Waals surface area contributed by atoms with Gasteiger partial charge in [0.1, 0.15) is 10.8 Å². The second-order valence-corrected chi connectivity index (χ2v) is 8.07. The monoisotopic (exact) mass is 418 g/mol. The van der Waals surface area contributed by atoms with Crippen molar-refractivity contribution in [2.45, 2.75) is 33.6 Å². The normalized spacial score (nSPS) is 16.3. The van der Waals surface area contributed by atoms with Gasteiger partial charge >= 0.3 is 0 Å². The van der Waals surface area contributed by atoms with Crippen LogP contribution in [0.25, 0.3) is 0 Å². The highest BCUT2D eigenvalue weighted by atomic mass is 35.5. The van der Waals surface area contributed by atoms with Crippen LogP contribution in [0.3, 0.4) is 0 Å². The number of nitrogens with zero attached hydrogens (tertiary/aromatic N) is 2. The van der Waals surface area contributed by atoms with Crippen LogP contribution in [0.4, 0.5) is 5.69 Å². The van der Waals surface area contributed by atoms with Crippen LogP contribution in [0.5, 0.6) is 0 Å². The Bertz CT molecular complexity index is 1070. The summed E-state index contributed by atoms with van der Waals surface area (Å²) in [6.45, 7) is 5.73. The number of nitro groups is 1. The highest BCUT2D eigenvalue weighted by molar-refractivity contribution is 6.32. The van der Waals surface area contributed by atoms with Gasteiger partial charge in [0, 0.05) is 29.2 Å². The number of carbonyl (C=O) groups excluding carboxylic acids is 2. The van der Waals surface area contributed by atoms with Crippen molar-refractivity contribution in [3.05, 3.63) is 61.5 Å². The number of hydrogen-bond donors (Lipinski definition) is 2. The number of hydrazone groups is 1. The van der Waals surface area contributed by atoms with Crippen LogP contribution < -0.4 is 11.2 Å². The van der Waals surface area contributed by atoms with Crippen molar-refractivity contribution >= 4 is 34.8 Å². The van der Waals surface area contributed by atoms with Crippen molar-refractivity contribution in [2.24, 2.45) is 16.3 Å². The fraction of sp³-hybridized carbons (Fsp3) is 0.316. The molecule has 1 aliphatic rings. The molecule has 0 spiro atoms. The molecule has 2 aromatic rings. The van der Waals surface area contributed by atoms with E-state index in [1.165, 1.54) is 12.1 Å². The van der Waals surface area contributed by atoms with E-state index in [2.05, 4.69) is 10.5 Å². The van der Waals surface area contributed by atoms with Gasteiger partial charge in [-0.1, -0.05) is 25.4 Å². The number of amides is 2. The van der Waals surface area contributed by atoms with Crippen molar-refractivity contribution < 1.29 is 18.9 Å². The van der Waals surface area contributed by atoms with E-state index >= 15 is 0 Å². The molecule has 0 unspecified atom stereocenters. The van der Waals surface area contributed by atoms with Gasteiger partial charge in [-0.25, -0.2) is 5.43 Å². The van der Waals surface area contributed by atoms with Gasteiger partial charge in [-0.3, -0.25) is 19.7 Å². The van der Waals surface area contributed by atoms with Crippen molar-refractivity contribution in [1.29, 1.82) is 0 Å². The van der Waals surface area contributed by atoms with Gasteiger partial charge in [-0.05, 0) is 30.9 Å². The fourth-order valence-electron chi connectivity index (χ4n) is 3.42. The zero-order chi connectivity index (χ0) is 21.5. The minimum atomic E-state index is -0.674. The number of benzene rings is 1. The van der Waals surface area contributed by atoms with Gasteiger partial charge in [0.05, 0.1) is 10.6 Å². The molecule has 3 rings (SSSR count). The molecule has 1 aliphatic carbocycles. The van der Waals surface area contributed by atoms with E-state index in [0.717, 1.165) is 6.07 Å². The Hall–Kier alpha value is -3.20. The van der Waals surface area contributed by atoms with Crippen LogP contribution in [0.1, 0.15) is 58.1 Å². The Morgan fingerprint density at radius 3 is 2.66 bits per heavy atom. The zero-order valence-corrected chi connectivity index (χ0v) is 16.8. The van der Waals surface area contributed by atoms with E-state index in [4.69, 9.17) is 21.8 Å². The third kappa shape index (κ3) is 4.00. The molecule has 10 heteroatoms. The zero-order valence-electron chi connectivity index (χ0n) is 16.0. The molecule has 1 aromatic heterocycles. The Labute approximate surface area is 171 Å². The van der Waals surface area contributed by atoms with Crippen molar-refractivity contribution in [3.8, 4) is 0 Å². The van der Waals surface area contributed by atoms with Crippen LogP contribution >= 0.6 is 11.6 Å². The average Bonchev–Trinajstić information content (AvgIpc) is 2.95. The quantitative estimate of drug-likeness (QED) is 0.578. The van der Waals surface area contributed by atoms with Crippen molar-refractivity contribution in [1.82, 2.24) is 5.43 Å². The third-order valence-electron chi connectivity index (χ3n) is 4.71. The number of primary amides is 1. The molecule has 0 saturated heterocycles. The second-order valence-electron chi connectivity index (χ2n) is 7.66. The Balaban J connectivity index is 1.95. The van der Waals surface area contributed by atoms with Gasteiger partial charge in [0.15, 0.2) is 5.76 Å². The van der Waals surface area contributed by atoms with Gasteiger partial charge in [-0.15, -0.1) is 0 Å². The van der Waals surface area contributed by atoms with Gasteiger partial charge in [0.2, 0.25) is 0 Å². The molecule has 29 heavy (non-hydrogen) atoms. The lowest BCUT2D eigenvalue weighted by molar-refractivity contribution is -0.384. The highest BCUT2D eigenvalue weighted by Crippen LogP contribution is 2.38. The van der Waals surface area contributed by atoms with Gasteiger partial charge < -0.3 is 10.2 Å². The maximum Gasteiger partial charge on any atom is 0.288 e. The average molecular weight is 419 g/mol. The Kier molecular flexibility index (Phi) is 5.18. The third-order valence-corrected chi connectivity index (χ3v) is 5.03. The number of rotatable bonds is 4. The SMILES string of the molecule is Cc1c(C(N)=O)oc2c1/C(=N/NC(=O)c1ccc(Cl)c([N+](=O)[O-])c1)CC(C)(C)C2. The predicted octanol–water partition coefficient (Wildman–Crippen LogP) is 3.36. The lowest BCUT2D eigenvalue weighted by Gasteiger charge is -2.29. The van der Waals surface area contributed by atoms with E-state index < -0.39 is 16.7 Å². The number of nitro benzene ring substituents is 1. The number of carbonyl (C=O) groups is 2. The summed E-state index contributed by atoms with van der Waals surface area (Å²) >= 11 is 5.78. The fourth-order valence-corrected chi connectivity index (χ4v) is 3.61. The largest absolute Gasteiger partial charge is 0.455 e. The van der Waals surface area contributed by atoms with Gasteiger partial charge in [-0.2, -0.15) is 5.10 Å². The molecule has 0 atom stereocenters. The van der Waals surface area contributed by atoms with Crippen LogP contribution in [0.15, 0.2) is 27.7 Å². The van der Waals surface area contributed by atoms with Crippen LogP contribution in [0.2, 0.25) is 5.02 Å². The van der Waals surface area contributed by atoms with E-state index in [-0.39, 0.29) is 27.4 Å². The molecule has 0 radical (unpaired) electrons. The molecule has 0 fully saturated rings. The standard InChI is InChI=1S/C19H19ClN4O5/c1-9-15-12(7-19(2,3)8-14(15)29-16(9)17(21)25)22-23-18(26)10-4-5-11(20)13(6-10)24(27)28/h4-6H,7-8H2,1-3H3,(H2,21,25)(H,23,26)/b22-12+. The number of nitrogens with two attached hydrogens (primary N) is 1. The van der Waals surface area contributed by atoms with Crippen LogP contribution in [0, 0.1) is 22.5 Å². The van der Waals surface area contributed by atoms with Crippen molar-refractivity contribution in [3.63, 3.8) is 0 Å². The van der Waals surface area contributed by atoms with Crippen molar-refractivity contribution in [2.75, 3.05) is 0 Å². The maximum atomic E-state index is 12.5. The highest BCUT2D eigenvalue weighted by Gasteiger charge is 2.36. The molecule has 152 valence electrons. The Morgan fingerprint density at radius 2 is 2.03 bits per heavy atom. The lowest BCUT2D eigenvalue weighted by atomic mass is 9.75. The summed E-state index contributed by atoms with van der Waals surface area (Å²) in [5.41, 5.74) is 9.03. The summed E-state index contributed by atoms with van der Waals surface area (Å²) in [5.74, 6) is -0.646. The molecular weight excluding hydrogens is 400 g/mol. The summed E-state index contributed by atoms with van der Waals surface area (Å²) in [5, 5.41) is 15.2. The molecule has 2 amide bonds. The molecule has 0 aliphatic heterocycles. The summed E-state index contributed by atoms with van der Waals surface area (Å²) in [4.78, 5) is 34.4. The Morgan fingerprint density at radius 1 is 1.34 bits per heavy atom. The first-order valence-electron chi connectivity index (χ1n) is 8.73. The molecular formula is C19H19ClN4O5. The van der Waals surface area contributed by atoms with Crippen LogP contribution in [-0.2, 0) is 6.42 Å². The minimum Gasteiger partial charge on any atom is -0.455 e. The maximum absolute atomic E-state index is 12.5. The number of halogens is 1. The second kappa shape index (κ2) is 7.32. The summed E-state index contributed by atoms with van der Waals surface area (Å²) in [6, 6.07) is 3.74. The molecule has 1 heterocycles. The predicted molar refractivity (Wildman–Crippen MR) is 106 cm³/mol. The molecule has 3 N–H and O–H groups in total. The number of nitrogens with one attached hydrogen (secondary N) is 1. The van der Waals surface area contributed by atoms with E-state index in [0.29, 0.717) is 35.4 Å². The number of hydrogen-bond acceptors (Lipinski definition) is 6. The summed E-state index contributed by atoms with van der Waals surface area (Å²) in [6.07, 6.45) is 1.12. The van der Waals surface area contributed by atoms with Gasteiger partial charge in [0.25, 0.3) is 17.5 Å². The molecule has 9 nitrogen and oxygen atoms in total. The molecule has 1 aromatic carbocycles. The van der Waals surface area contributed by atoms with E-state index in [9.17, 15) is 19.7 Å². The minimum absolute atomic E-state index is 0.0440. The molecule has 0 bridgehead atoms. The summed E-state index contributed by atoms with van der Waals surface area (Å²) in [7, 11) is 0. The lowest BCUT2D eigenvalue weighted by Crippen LogP contribution is -2.29. The topological polar surface area (TPSA) is 141 Å². The smallest absolute Gasteiger partial charge is 0.288 e. The van der Waals surface area contributed by atoms with E-state index in [1.807, 2.05) is 13.8 Å². The number of fused-ring (bicyclic) bond motifs is 1. The van der Waals surface area contributed by atoms with Crippen LogP contribution in [-0.4, -0.2) is 22.4 Å². The summed E-state index contributed by atoms with van der Waals surface area (Å²) < 4.78 is 5.65. The van der Waals surface area contributed by atoms with E-state index in [1.54, 1.807) is 6.92 Å².